The van der Waals surface area contributed by atoms with E-state index < -0.39 is 17.8 Å². The van der Waals surface area contributed by atoms with E-state index in [0.717, 1.165) is 0 Å². The van der Waals surface area contributed by atoms with Gasteiger partial charge in [0.15, 0.2) is 0 Å². The minimum absolute atomic E-state index is 0.0695. The van der Waals surface area contributed by atoms with E-state index >= 15 is 0 Å². The minimum Gasteiger partial charge on any atom is -0.496 e. The number of amides is 1. The highest BCUT2D eigenvalue weighted by Gasteiger charge is 2.18. The Morgan fingerprint density at radius 3 is 2.74 bits per heavy atom. The summed E-state index contributed by atoms with van der Waals surface area (Å²) in [6.07, 6.45) is 0.371. The zero-order valence-electron chi connectivity index (χ0n) is 14.1. The van der Waals surface area contributed by atoms with E-state index in [-0.39, 0.29) is 22.9 Å². The Morgan fingerprint density at radius 2 is 2.11 bits per heavy atom. The third-order valence-corrected chi connectivity index (χ3v) is 4.12. The molecule has 0 fully saturated rings. The van der Waals surface area contributed by atoms with Gasteiger partial charge in [-0.2, -0.15) is 4.68 Å². The first-order valence-corrected chi connectivity index (χ1v) is 8.20. The van der Waals surface area contributed by atoms with E-state index in [1.54, 1.807) is 0 Å². The smallest absolute Gasteiger partial charge is 0.255 e. The van der Waals surface area contributed by atoms with Gasteiger partial charge in [0, 0.05) is 12.6 Å². The molecule has 140 valence electrons. The lowest BCUT2D eigenvalue weighted by molar-refractivity contribution is 0.0913. The lowest BCUT2D eigenvalue weighted by atomic mass is 10.1. The van der Waals surface area contributed by atoms with Gasteiger partial charge in [-0.15, -0.1) is 5.10 Å². The molecule has 1 atom stereocenters. The molecule has 1 amide bonds. The minimum atomic E-state index is -0.989. The van der Waals surface area contributed by atoms with Gasteiger partial charge in [0.05, 0.1) is 29.5 Å². The van der Waals surface area contributed by atoms with Crippen molar-refractivity contribution in [3.8, 4) is 11.4 Å². The molecule has 3 aromatic rings. The molecule has 1 aromatic heterocycles. The largest absolute Gasteiger partial charge is 0.496 e. The van der Waals surface area contributed by atoms with Gasteiger partial charge in [-0.1, -0.05) is 23.7 Å². The van der Waals surface area contributed by atoms with E-state index in [1.165, 1.54) is 54.5 Å². The summed E-state index contributed by atoms with van der Waals surface area (Å²) in [6, 6.07) is 8.33. The van der Waals surface area contributed by atoms with Crippen molar-refractivity contribution in [2.75, 3.05) is 13.7 Å². The Bertz CT molecular complexity index is 934. The normalized spacial score (nSPS) is 11.9. The fourth-order valence-electron chi connectivity index (χ4n) is 2.42. The number of nitrogens with zero attached hydrogens (tertiary/aromatic N) is 4. The highest BCUT2D eigenvalue weighted by atomic mass is 35.5. The van der Waals surface area contributed by atoms with Gasteiger partial charge in [-0.25, -0.2) is 4.39 Å². The van der Waals surface area contributed by atoms with E-state index in [0.29, 0.717) is 11.3 Å². The third kappa shape index (κ3) is 4.21. The summed E-state index contributed by atoms with van der Waals surface area (Å²) in [5.74, 6) is -0.631. The first-order valence-electron chi connectivity index (χ1n) is 7.82. The van der Waals surface area contributed by atoms with Crippen LogP contribution in [0.25, 0.3) is 5.69 Å². The lowest BCUT2D eigenvalue weighted by Crippen LogP contribution is -2.28. The second kappa shape index (κ2) is 8.11. The molecular formula is C17H15ClFN5O3. The number of rotatable bonds is 6. The molecule has 1 heterocycles. The number of aliphatic hydroxyl groups is 1. The van der Waals surface area contributed by atoms with Gasteiger partial charge < -0.3 is 15.2 Å². The predicted molar refractivity (Wildman–Crippen MR) is 94.4 cm³/mol. The van der Waals surface area contributed by atoms with Crippen LogP contribution in [0, 0.1) is 5.82 Å². The number of tetrazole rings is 1. The number of aliphatic hydroxyl groups excluding tert-OH is 1. The summed E-state index contributed by atoms with van der Waals surface area (Å²) >= 11 is 6.23. The average Bonchev–Trinajstić information content (AvgIpc) is 3.20. The number of methoxy groups -OCH3 is 1. The van der Waals surface area contributed by atoms with E-state index in [4.69, 9.17) is 16.3 Å². The monoisotopic (exact) mass is 391 g/mol. The van der Waals surface area contributed by atoms with Crippen LogP contribution in [-0.4, -0.2) is 44.9 Å². The van der Waals surface area contributed by atoms with Crippen LogP contribution in [0.15, 0.2) is 42.7 Å². The zero-order valence-corrected chi connectivity index (χ0v) is 14.9. The van der Waals surface area contributed by atoms with Crippen LogP contribution >= 0.6 is 11.6 Å². The summed E-state index contributed by atoms with van der Waals surface area (Å²) in [5.41, 5.74) is 1.11. The molecule has 0 saturated heterocycles. The fourth-order valence-corrected chi connectivity index (χ4v) is 2.67. The van der Waals surface area contributed by atoms with Crippen LogP contribution in [0.4, 0.5) is 4.39 Å². The first kappa shape index (κ1) is 18.7. The summed E-state index contributed by atoms with van der Waals surface area (Å²) in [5, 5.41) is 23.8. The van der Waals surface area contributed by atoms with Gasteiger partial charge in [-0.3, -0.25) is 4.79 Å². The topological polar surface area (TPSA) is 102 Å². The van der Waals surface area contributed by atoms with E-state index in [1.807, 2.05) is 0 Å². The van der Waals surface area contributed by atoms with Crippen LogP contribution in [-0.2, 0) is 0 Å². The number of nitrogens with one attached hydrogen (secondary N) is 1. The molecule has 3 rings (SSSR count). The van der Waals surface area contributed by atoms with Crippen molar-refractivity contribution in [2.24, 2.45) is 0 Å². The molecule has 8 nitrogen and oxygen atoms in total. The van der Waals surface area contributed by atoms with Gasteiger partial charge in [0.1, 0.15) is 17.9 Å². The van der Waals surface area contributed by atoms with Crippen LogP contribution in [0.3, 0.4) is 0 Å². The molecule has 2 aromatic carbocycles. The number of aromatic nitrogens is 4. The molecule has 0 saturated carbocycles. The molecule has 2 N–H and O–H groups in total. The number of hydrogen-bond donors (Lipinski definition) is 2. The van der Waals surface area contributed by atoms with Crippen molar-refractivity contribution >= 4 is 17.5 Å². The summed E-state index contributed by atoms with van der Waals surface area (Å²) in [6.45, 7) is -0.0695. The molecule has 1 unspecified atom stereocenters. The van der Waals surface area contributed by atoms with Crippen LogP contribution in [0.1, 0.15) is 22.0 Å². The number of carbonyl (C=O) groups is 1. The molecule has 0 aliphatic carbocycles. The SMILES string of the molecule is COc1cc(-n2cnnn2)c(Cl)cc1C(=O)NCC(O)c1ccc(F)cc1. The molecule has 27 heavy (non-hydrogen) atoms. The van der Waals surface area contributed by atoms with Crippen LogP contribution in [0.2, 0.25) is 5.02 Å². The van der Waals surface area contributed by atoms with Gasteiger partial charge in [0.25, 0.3) is 5.91 Å². The van der Waals surface area contributed by atoms with Crippen LogP contribution in [0.5, 0.6) is 5.75 Å². The number of hydrogen-bond acceptors (Lipinski definition) is 6. The van der Waals surface area contributed by atoms with Crippen molar-refractivity contribution < 1.29 is 19.0 Å². The Hall–Kier alpha value is -3.04. The predicted octanol–water partition coefficient (Wildman–Crippen LogP) is 1.93. The maximum atomic E-state index is 12.9. The maximum absolute atomic E-state index is 12.9. The molecule has 0 bridgehead atoms. The van der Waals surface area contributed by atoms with Crippen molar-refractivity contribution in [3.05, 3.63) is 64.7 Å². The van der Waals surface area contributed by atoms with Crippen molar-refractivity contribution in [1.29, 1.82) is 0 Å². The molecule has 0 aliphatic heterocycles. The Balaban J connectivity index is 1.76. The lowest BCUT2D eigenvalue weighted by Gasteiger charge is -2.15. The second-order valence-corrected chi connectivity index (χ2v) is 5.94. The number of halogens is 2. The van der Waals surface area contributed by atoms with Gasteiger partial charge in [-0.05, 0) is 34.2 Å². The molecule has 0 radical (unpaired) electrons. The fraction of sp³-hybridized carbons (Fsp3) is 0.176. The average molecular weight is 392 g/mol. The number of benzene rings is 2. The molecule has 0 spiro atoms. The Kier molecular flexibility index (Phi) is 5.63. The second-order valence-electron chi connectivity index (χ2n) is 5.54. The molecule has 10 heteroatoms. The highest BCUT2D eigenvalue weighted by molar-refractivity contribution is 6.33. The Labute approximate surface area is 158 Å². The molecule has 0 aliphatic rings. The standard InChI is InChI=1S/C17H15ClFN5O3/c1-27-16-7-14(24-9-21-22-23-24)13(18)6-12(16)17(26)20-8-15(25)10-2-4-11(19)5-3-10/h2-7,9,15,25H,8H2,1H3,(H,20,26). The highest BCUT2D eigenvalue weighted by Crippen LogP contribution is 2.29. The van der Waals surface area contributed by atoms with Crippen LogP contribution < -0.4 is 10.1 Å². The summed E-state index contributed by atoms with van der Waals surface area (Å²) < 4.78 is 19.5. The summed E-state index contributed by atoms with van der Waals surface area (Å²) in [7, 11) is 1.41. The van der Waals surface area contributed by atoms with Crippen molar-refractivity contribution in [3.63, 3.8) is 0 Å². The van der Waals surface area contributed by atoms with E-state index in [2.05, 4.69) is 20.8 Å². The number of carbonyl (C=O) groups excluding carboxylic acids is 1. The summed E-state index contributed by atoms with van der Waals surface area (Å²) in [4.78, 5) is 12.5. The van der Waals surface area contributed by atoms with Crippen molar-refractivity contribution in [2.45, 2.75) is 6.10 Å². The van der Waals surface area contributed by atoms with Gasteiger partial charge >= 0.3 is 0 Å². The maximum Gasteiger partial charge on any atom is 0.255 e. The van der Waals surface area contributed by atoms with Crippen molar-refractivity contribution in [1.82, 2.24) is 25.5 Å². The Morgan fingerprint density at radius 1 is 1.37 bits per heavy atom. The quantitative estimate of drug-likeness (QED) is 0.665. The van der Waals surface area contributed by atoms with Gasteiger partial charge in [0.2, 0.25) is 0 Å². The first-order chi connectivity index (χ1) is 13.0. The van der Waals surface area contributed by atoms with E-state index in [9.17, 15) is 14.3 Å². The zero-order chi connectivity index (χ0) is 19.4. The third-order valence-electron chi connectivity index (χ3n) is 3.82. The molecular weight excluding hydrogens is 377 g/mol. The number of ether oxygens (including phenoxy) is 1.